The van der Waals surface area contributed by atoms with Crippen molar-refractivity contribution in [1.82, 2.24) is 14.5 Å². The van der Waals surface area contributed by atoms with E-state index in [0.29, 0.717) is 34.8 Å². The standard InChI is InChI=1S/C16H19N3O4S/c1-9-4-3-5-18(6-9)11(20)7-19-8-17-14-12(15(19)21)10(2)13(24-14)16(22)23/h8-9H,3-7H2,1-2H3,(H,22,23)/t9-/m1/s1. The molecule has 1 fully saturated rings. The van der Waals surface area contributed by atoms with E-state index in [1.165, 1.54) is 10.9 Å². The Hall–Kier alpha value is -2.22. The van der Waals surface area contributed by atoms with Gasteiger partial charge in [0, 0.05) is 13.1 Å². The number of aryl methyl sites for hydroxylation is 1. The molecule has 2 aromatic rings. The topological polar surface area (TPSA) is 92.5 Å². The fourth-order valence-electron chi connectivity index (χ4n) is 3.14. The summed E-state index contributed by atoms with van der Waals surface area (Å²) in [5.41, 5.74) is 0.0491. The number of hydrogen-bond donors (Lipinski definition) is 1. The highest BCUT2D eigenvalue weighted by Crippen LogP contribution is 2.26. The smallest absolute Gasteiger partial charge is 0.346 e. The first-order chi connectivity index (χ1) is 11.4. The molecule has 0 radical (unpaired) electrons. The van der Waals surface area contributed by atoms with Gasteiger partial charge in [0.2, 0.25) is 5.91 Å². The zero-order chi connectivity index (χ0) is 17.4. The Bertz CT molecular complexity index is 870. The van der Waals surface area contributed by atoms with E-state index in [-0.39, 0.29) is 22.9 Å². The summed E-state index contributed by atoms with van der Waals surface area (Å²) in [6.07, 6.45) is 3.42. The van der Waals surface area contributed by atoms with E-state index in [0.717, 1.165) is 24.2 Å². The first-order valence-electron chi connectivity index (χ1n) is 7.88. The molecule has 24 heavy (non-hydrogen) atoms. The molecule has 1 atom stereocenters. The average Bonchev–Trinajstić information content (AvgIpc) is 2.88. The first kappa shape index (κ1) is 16.6. The number of carboxylic acid groups (broad SMARTS) is 1. The zero-order valence-electron chi connectivity index (χ0n) is 13.6. The predicted molar refractivity (Wildman–Crippen MR) is 90.6 cm³/mol. The van der Waals surface area contributed by atoms with Crippen LogP contribution in [0.1, 0.15) is 35.0 Å². The summed E-state index contributed by atoms with van der Waals surface area (Å²) < 4.78 is 1.27. The van der Waals surface area contributed by atoms with Gasteiger partial charge in [0.1, 0.15) is 16.3 Å². The van der Waals surface area contributed by atoms with Crippen LogP contribution in [0.3, 0.4) is 0 Å². The molecule has 0 aliphatic carbocycles. The lowest BCUT2D eigenvalue weighted by atomic mass is 10.0. The average molecular weight is 349 g/mol. The second-order valence-corrected chi connectivity index (χ2v) is 7.31. The lowest BCUT2D eigenvalue weighted by Crippen LogP contribution is -2.42. The zero-order valence-corrected chi connectivity index (χ0v) is 14.4. The van der Waals surface area contributed by atoms with Crippen LogP contribution in [-0.2, 0) is 11.3 Å². The van der Waals surface area contributed by atoms with Gasteiger partial charge >= 0.3 is 5.97 Å². The van der Waals surface area contributed by atoms with E-state index in [4.69, 9.17) is 0 Å². The van der Waals surface area contributed by atoms with Crippen LogP contribution in [0.25, 0.3) is 10.2 Å². The number of carbonyl (C=O) groups excluding carboxylic acids is 1. The third-order valence-electron chi connectivity index (χ3n) is 4.43. The highest BCUT2D eigenvalue weighted by Gasteiger charge is 2.23. The number of hydrogen-bond acceptors (Lipinski definition) is 5. The molecular formula is C16H19N3O4S. The van der Waals surface area contributed by atoms with E-state index >= 15 is 0 Å². The van der Waals surface area contributed by atoms with Gasteiger partial charge in [-0.2, -0.15) is 0 Å². The number of aromatic nitrogens is 2. The predicted octanol–water partition coefficient (Wildman–Crippen LogP) is 1.72. The highest BCUT2D eigenvalue weighted by atomic mass is 32.1. The van der Waals surface area contributed by atoms with Gasteiger partial charge in [-0.15, -0.1) is 11.3 Å². The van der Waals surface area contributed by atoms with Crippen molar-refractivity contribution < 1.29 is 14.7 Å². The molecule has 2 aromatic heterocycles. The van der Waals surface area contributed by atoms with Gasteiger partial charge in [0.25, 0.3) is 5.56 Å². The Morgan fingerprint density at radius 2 is 2.21 bits per heavy atom. The first-order valence-corrected chi connectivity index (χ1v) is 8.69. The van der Waals surface area contributed by atoms with E-state index in [9.17, 15) is 19.5 Å². The number of fused-ring (bicyclic) bond motifs is 1. The molecule has 0 unspecified atom stereocenters. The largest absolute Gasteiger partial charge is 0.477 e. The summed E-state index contributed by atoms with van der Waals surface area (Å²) >= 11 is 0.983. The van der Waals surface area contributed by atoms with Gasteiger partial charge in [-0.25, -0.2) is 9.78 Å². The van der Waals surface area contributed by atoms with Gasteiger partial charge in [0.05, 0.1) is 11.7 Å². The van der Waals surface area contributed by atoms with Crippen LogP contribution in [0, 0.1) is 12.8 Å². The van der Waals surface area contributed by atoms with Crippen molar-refractivity contribution in [1.29, 1.82) is 0 Å². The van der Waals surface area contributed by atoms with Crippen molar-refractivity contribution in [3.8, 4) is 0 Å². The summed E-state index contributed by atoms with van der Waals surface area (Å²) in [6.45, 7) is 5.08. The Balaban J connectivity index is 1.91. The van der Waals surface area contributed by atoms with Crippen molar-refractivity contribution in [3.63, 3.8) is 0 Å². The molecule has 0 spiro atoms. The van der Waals surface area contributed by atoms with Crippen LogP contribution in [0.4, 0.5) is 0 Å². The molecule has 3 rings (SSSR count). The number of thiophene rings is 1. The molecule has 0 aromatic carbocycles. The molecule has 128 valence electrons. The second kappa shape index (κ2) is 6.35. The number of piperidine rings is 1. The Morgan fingerprint density at radius 3 is 2.88 bits per heavy atom. The van der Waals surface area contributed by atoms with Gasteiger partial charge in [-0.05, 0) is 31.2 Å². The van der Waals surface area contributed by atoms with Crippen LogP contribution in [-0.4, -0.2) is 44.5 Å². The lowest BCUT2D eigenvalue weighted by molar-refractivity contribution is -0.133. The Morgan fingerprint density at radius 1 is 1.46 bits per heavy atom. The minimum atomic E-state index is -1.07. The fourth-order valence-corrected chi connectivity index (χ4v) is 4.12. The molecule has 3 heterocycles. The summed E-state index contributed by atoms with van der Waals surface area (Å²) in [7, 11) is 0. The van der Waals surface area contributed by atoms with Crippen LogP contribution in [0.5, 0.6) is 0 Å². The number of aromatic carboxylic acids is 1. The Kier molecular flexibility index (Phi) is 4.40. The molecule has 1 amide bonds. The van der Waals surface area contributed by atoms with Crippen molar-refractivity contribution in [3.05, 3.63) is 27.1 Å². The van der Waals surface area contributed by atoms with Gasteiger partial charge in [0.15, 0.2) is 0 Å². The van der Waals surface area contributed by atoms with Crippen molar-refractivity contribution >= 4 is 33.4 Å². The molecule has 1 saturated heterocycles. The SMILES string of the molecule is Cc1c(C(=O)O)sc2ncn(CC(=O)N3CCC[C@@H](C)C3)c(=O)c12. The van der Waals surface area contributed by atoms with Gasteiger partial charge in [-0.3, -0.25) is 14.2 Å². The Labute approximate surface area is 142 Å². The third-order valence-corrected chi connectivity index (χ3v) is 5.61. The van der Waals surface area contributed by atoms with Gasteiger partial charge in [-0.1, -0.05) is 6.92 Å². The fraction of sp³-hybridized carbons (Fsp3) is 0.500. The van der Waals surface area contributed by atoms with Crippen LogP contribution in [0.15, 0.2) is 11.1 Å². The molecule has 0 bridgehead atoms. The molecule has 1 N–H and O–H groups in total. The third kappa shape index (κ3) is 2.93. The molecule has 1 aliphatic rings. The second-order valence-electron chi connectivity index (χ2n) is 6.31. The number of rotatable bonds is 3. The molecule has 0 saturated carbocycles. The number of likely N-dealkylation sites (tertiary alicyclic amines) is 1. The number of carbonyl (C=O) groups is 2. The lowest BCUT2D eigenvalue weighted by Gasteiger charge is -2.31. The minimum absolute atomic E-state index is 0.0633. The number of carboxylic acids is 1. The van der Waals surface area contributed by atoms with Crippen molar-refractivity contribution in [2.75, 3.05) is 13.1 Å². The molecular weight excluding hydrogens is 330 g/mol. The van der Waals surface area contributed by atoms with Crippen LogP contribution in [0.2, 0.25) is 0 Å². The minimum Gasteiger partial charge on any atom is -0.477 e. The summed E-state index contributed by atoms with van der Waals surface area (Å²) in [5.74, 6) is -0.701. The summed E-state index contributed by atoms with van der Waals surface area (Å²) in [5, 5.41) is 9.47. The maximum absolute atomic E-state index is 12.6. The maximum Gasteiger partial charge on any atom is 0.346 e. The summed E-state index contributed by atoms with van der Waals surface area (Å²) in [4.78, 5) is 42.8. The number of nitrogens with zero attached hydrogens (tertiary/aromatic N) is 3. The maximum atomic E-state index is 12.6. The van der Waals surface area contributed by atoms with Gasteiger partial charge < -0.3 is 10.0 Å². The quantitative estimate of drug-likeness (QED) is 0.911. The molecule has 8 heteroatoms. The van der Waals surface area contributed by atoms with E-state index in [1.807, 2.05) is 0 Å². The van der Waals surface area contributed by atoms with Crippen LogP contribution >= 0.6 is 11.3 Å². The van der Waals surface area contributed by atoms with E-state index in [1.54, 1.807) is 11.8 Å². The normalized spacial score (nSPS) is 18.1. The van der Waals surface area contributed by atoms with Crippen molar-refractivity contribution in [2.24, 2.45) is 5.92 Å². The number of amides is 1. The summed E-state index contributed by atoms with van der Waals surface area (Å²) in [6, 6.07) is 0. The van der Waals surface area contributed by atoms with E-state index in [2.05, 4.69) is 11.9 Å². The monoisotopic (exact) mass is 349 g/mol. The van der Waals surface area contributed by atoms with Crippen LogP contribution < -0.4 is 5.56 Å². The van der Waals surface area contributed by atoms with Crippen molar-refractivity contribution in [2.45, 2.75) is 33.2 Å². The molecule has 7 nitrogen and oxygen atoms in total. The van der Waals surface area contributed by atoms with E-state index < -0.39 is 5.97 Å². The highest BCUT2D eigenvalue weighted by molar-refractivity contribution is 7.20. The molecule has 1 aliphatic heterocycles.